The molecule has 0 bridgehead atoms. The van der Waals surface area contributed by atoms with Gasteiger partial charge in [-0.25, -0.2) is 9.67 Å². The van der Waals surface area contributed by atoms with E-state index in [9.17, 15) is 4.79 Å². The molecule has 0 aliphatic carbocycles. The molecule has 1 N–H and O–H groups in total. The highest BCUT2D eigenvalue weighted by Gasteiger charge is 2.27. The number of aromatic nitrogens is 5. The molecule has 1 fully saturated rings. The first-order valence-electron chi connectivity index (χ1n) is 9.65. The van der Waals surface area contributed by atoms with Crippen LogP contribution in [-0.2, 0) is 4.79 Å². The van der Waals surface area contributed by atoms with Crippen molar-refractivity contribution >= 4 is 28.2 Å². The first kappa shape index (κ1) is 18.5. The molecule has 9 nitrogen and oxygen atoms in total. The normalized spacial score (nSPS) is 16.5. The molecule has 0 saturated carbocycles. The van der Waals surface area contributed by atoms with Gasteiger partial charge >= 0.3 is 0 Å². The zero-order chi connectivity index (χ0) is 20.3. The van der Waals surface area contributed by atoms with Crippen LogP contribution in [0.25, 0.3) is 17.3 Å². The van der Waals surface area contributed by atoms with Crippen molar-refractivity contribution in [2.75, 3.05) is 23.3 Å². The van der Waals surface area contributed by atoms with E-state index < -0.39 is 0 Å². The van der Waals surface area contributed by atoms with E-state index in [-0.39, 0.29) is 11.8 Å². The smallest absolute Gasteiger partial charge is 0.231 e. The van der Waals surface area contributed by atoms with Crippen molar-refractivity contribution < 1.29 is 9.21 Å². The van der Waals surface area contributed by atoms with E-state index in [1.807, 2.05) is 41.9 Å². The van der Waals surface area contributed by atoms with E-state index in [1.165, 1.54) is 11.3 Å². The first-order valence-corrected chi connectivity index (χ1v) is 10.5. The van der Waals surface area contributed by atoms with Gasteiger partial charge in [0.1, 0.15) is 5.69 Å². The molecule has 10 heteroatoms. The molecule has 1 saturated heterocycles. The fourth-order valence-electron chi connectivity index (χ4n) is 3.49. The molecule has 1 aliphatic heterocycles. The second-order valence-electron chi connectivity index (χ2n) is 6.99. The van der Waals surface area contributed by atoms with Crippen molar-refractivity contribution in [3.05, 3.63) is 54.4 Å². The van der Waals surface area contributed by atoms with Crippen LogP contribution in [0.1, 0.15) is 12.8 Å². The monoisotopic (exact) mass is 421 g/mol. The first-order chi connectivity index (χ1) is 14.8. The number of piperidine rings is 1. The third-order valence-electron chi connectivity index (χ3n) is 5.00. The standard InChI is InChI=1S/C20H19N7O2S/c28-19(23-20-22-15(13-30-20)16-5-2-11-29-16)14-4-1-9-26(12-14)17-6-7-18(25-24-17)27-10-3-8-21-27/h2-3,5-8,10-11,13-14H,1,4,9,12H2,(H,22,23,28). The summed E-state index contributed by atoms with van der Waals surface area (Å²) < 4.78 is 7.02. The third-order valence-corrected chi connectivity index (χ3v) is 5.76. The zero-order valence-corrected chi connectivity index (χ0v) is 16.8. The summed E-state index contributed by atoms with van der Waals surface area (Å²) in [6.07, 6.45) is 6.87. The quantitative estimate of drug-likeness (QED) is 0.528. The lowest BCUT2D eigenvalue weighted by Crippen LogP contribution is -2.41. The van der Waals surface area contributed by atoms with E-state index in [0.717, 1.165) is 30.9 Å². The summed E-state index contributed by atoms with van der Waals surface area (Å²) >= 11 is 1.39. The minimum Gasteiger partial charge on any atom is -0.463 e. The van der Waals surface area contributed by atoms with Crippen LogP contribution in [-0.4, -0.2) is 44.0 Å². The Labute approximate surface area is 176 Å². The summed E-state index contributed by atoms with van der Waals surface area (Å²) in [6, 6.07) is 9.29. The fourth-order valence-corrected chi connectivity index (χ4v) is 4.19. The molecule has 30 heavy (non-hydrogen) atoms. The van der Waals surface area contributed by atoms with Gasteiger partial charge in [-0.2, -0.15) is 5.10 Å². The molecule has 1 aliphatic rings. The highest BCUT2D eigenvalue weighted by Crippen LogP contribution is 2.27. The Kier molecular flexibility index (Phi) is 4.98. The Morgan fingerprint density at radius 1 is 1.20 bits per heavy atom. The summed E-state index contributed by atoms with van der Waals surface area (Å²) in [4.78, 5) is 19.4. The molecular weight excluding hydrogens is 402 g/mol. The summed E-state index contributed by atoms with van der Waals surface area (Å²) in [7, 11) is 0. The van der Waals surface area contributed by atoms with E-state index >= 15 is 0 Å². The highest BCUT2D eigenvalue weighted by atomic mass is 32.1. The number of thiazole rings is 1. The number of rotatable bonds is 5. The molecular formula is C20H19N7O2S. The number of hydrogen-bond donors (Lipinski definition) is 1. The molecule has 1 unspecified atom stereocenters. The van der Waals surface area contributed by atoms with Crippen molar-refractivity contribution in [1.82, 2.24) is 25.0 Å². The molecule has 0 radical (unpaired) electrons. The maximum absolute atomic E-state index is 12.8. The van der Waals surface area contributed by atoms with Crippen LogP contribution < -0.4 is 10.2 Å². The van der Waals surface area contributed by atoms with Crippen LogP contribution in [0.4, 0.5) is 10.9 Å². The van der Waals surface area contributed by atoms with Crippen molar-refractivity contribution in [3.8, 4) is 17.3 Å². The van der Waals surface area contributed by atoms with Crippen molar-refractivity contribution in [2.45, 2.75) is 12.8 Å². The Balaban J connectivity index is 1.23. The Morgan fingerprint density at radius 2 is 2.10 bits per heavy atom. The van der Waals surface area contributed by atoms with E-state index in [1.54, 1.807) is 17.1 Å². The van der Waals surface area contributed by atoms with Gasteiger partial charge in [0.25, 0.3) is 0 Å². The number of carbonyl (C=O) groups excluding carboxylic acids is 1. The predicted molar refractivity (Wildman–Crippen MR) is 113 cm³/mol. The number of nitrogens with zero attached hydrogens (tertiary/aromatic N) is 6. The van der Waals surface area contributed by atoms with Crippen LogP contribution in [0.5, 0.6) is 0 Å². The number of hydrogen-bond acceptors (Lipinski definition) is 8. The molecule has 4 aromatic rings. The Morgan fingerprint density at radius 3 is 2.87 bits per heavy atom. The van der Waals surface area contributed by atoms with Gasteiger partial charge in [-0.3, -0.25) is 4.79 Å². The van der Waals surface area contributed by atoms with Crippen molar-refractivity contribution in [3.63, 3.8) is 0 Å². The maximum Gasteiger partial charge on any atom is 0.231 e. The van der Waals surface area contributed by atoms with E-state index in [2.05, 4.69) is 30.5 Å². The van der Waals surface area contributed by atoms with Crippen LogP contribution in [0.15, 0.2) is 58.8 Å². The second kappa shape index (κ2) is 8.07. The molecule has 0 aromatic carbocycles. The summed E-state index contributed by atoms with van der Waals surface area (Å²) in [5.41, 5.74) is 0.720. The number of carbonyl (C=O) groups is 1. The summed E-state index contributed by atoms with van der Waals surface area (Å²) in [5.74, 6) is 1.94. The van der Waals surface area contributed by atoms with Gasteiger partial charge in [-0.05, 0) is 43.2 Å². The summed E-state index contributed by atoms with van der Waals surface area (Å²) in [5, 5.41) is 18.1. The lowest BCUT2D eigenvalue weighted by molar-refractivity contribution is -0.120. The molecule has 0 spiro atoms. The maximum atomic E-state index is 12.8. The van der Waals surface area contributed by atoms with Crippen LogP contribution >= 0.6 is 11.3 Å². The minimum atomic E-state index is -0.137. The van der Waals surface area contributed by atoms with Gasteiger partial charge in [0.05, 0.1) is 12.2 Å². The molecule has 4 aromatic heterocycles. The third kappa shape index (κ3) is 3.81. The molecule has 5 heterocycles. The number of nitrogens with one attached hydrogen (secondary N) is 1. The second-order valence-corrected chi connectivity index (χ2v) is 7.85. The van der Waals surface area contributed by atoms with Gasteiger partial charge in [0.2, 0.25) is 5.91 Å². The Hall–Kier alpha value is -3.53. The summed E-state index contributed by atoms with van der Waals surface area (Å²) in [6.45, 7) is 1.44. The Bertz CT molecular complexity index is 1110. The number of amides is 1. The SMILES string of the molecule is O=C(Nc1nc(-c2ccco2)cs1)C1CCCN(c2ccc(-n3cccn3)nn2)C1. The largest absolute Gasteiger partial charge is 0.463 e. The van der Waals surface area contributed by atoms with Gasteiger partial charge in [-0.1, -0.05) is 0 Å². The number of furan rings is 1. The molecule has 152 valence electrons. The van der Waals surface area contributed by atoms with Gasteiger partial charge < -0.3 is 14.6 Å². The van der Waals surface area contributed by atoms with Crippen LogP contribution in [0, 0.1) is 5.92 Å². The fraction of sp³-hybridized carbons (Fsp3) is 0.250. The van der Waals surface area contributed by atoms with Crippen molar-refractivity contribution in [1.29, 1.82) is 0 Å². The average Bonchev–Trinajstić information content (AvgIpc) is 3.56. The van der Waals surface area contributed by atoms with Gasteiger partial charge in [0, 0.05) is 30.9 Å². The predicted octanol–water partition coefficient (Wildman–Crippen LogP) is 3.23. The van der Waals surface area contributed by atoms with Crippen molar-refractivity contribution in [2.24, 2.45) is 5.92 Å². The lowest BCUT2D eigenvalue weighted by atomic mass is 9.97. The zero-order valence-electron chi connectivity index (χ0n) is 16.0. The average molecular weight is 421 g/mol. The highest BCUT2D eigenvalue weighted by molar-refractivity contribution is 7.14. The minimum absolute atomic E-state index is 0.0267. The topological polar surface area (TPSA) is 102 Å². The van der Waals surface area contributed by atoms with E-state index in [0.29, 0.717) is 23.3 Å². The number of anilines is 2. The van der Waals surface area contributed by atoms with Crippen LogP contribution in [0.3, 0.4) is 0 Å². The molecule has 1 atom stereocenters. The van der Waals surface area contributed by atoms with E-state index in [4.69, 9.17) is 4.42 Å². The van der Waals surface area contributed by atoms with Gasteiger partial charge in [0.15, 0.2) is 22.5 Å². The molecule has 1 amide bonds. The van der Waals surface area contributed by atoms with Gasteiger partial charge in [-0.15, -0.1) is 21.5 Å². The lowest BCUT2D eigenvalue weighted by Gasteiger charge is -2.32. The molecule has 5 rings (SSSR count). The van der Waals surface area contributed by atoms with Crippen LogP contribution in [0.2, 0.25) is 0 Å².